The van der Waals surface area contributed by atoms with Gasteiger partial charge in [0.05, 0.1) is 16.4 Å². The summed E-state index contributed by atoms with van der Waals surface area (Å²) in [6, 6.07) is 20.3. The molecule has 1 aliphatic heterocycles. The third-order valence-electron chi connectivity index (χ3n) is 4.98. The van der Waals surface area contributed by atoms with E-state index in [0.717, 1.165) is 13.6 Å². The SMILES string of the molecule is COc1cc(/C=C2/C(=O)NC(=S)N(c3ccccc3)C2=O)cc(I)c1OCc1ccc(Br)cc1. The Labute approximate surface area is 224 Å². The van der Waals surface area contributed by atoms with Gasteiger partial charge < -0.3 is 9.47 Å². The Hall–Kier alpha value is -2.76. The fourth-order valence-corrected chi connectivity index (χ4v) is 4.66. The predicted octanol–water partition coefficient (Wildman–Crippen LogP) is 5.47. The van der Waals surface area contributed by atoms with Crippen LogP contribution in [0.25, 0.3) is 6.08 Å². The normalized spacial score (nSPS) is 14.9. The number of carbonyl (C=O) groups is 2. The van der Waals surface area contributed by atoms with E-state index in [1.807, 2.05) is 36.4 Å². The minimum Gasteiger partial charge on any atom is -0.493 e. The number of para-hydroxylation sites is 1. The number of ether oxygens (including phenoxy) is 2. The van der Waals surface area contributed by atoms with Gasteiger partial charge in [0.15, 0.2) is 16.6 Å². The van der Waals surface area contributed by atoms with Crippen molar-refractivity contribution < 1.29 is 19.1 Å². The Bertz CT molecular complexity index is 1300. The van der Waals surface area contributed by atoms with Crippen LogP contribution in [0.4, 0.5) is 5.69 Å². The number of anilines is 1. The molecule has 172 valence electrons. The Morgan fingerprint density at radius 2 is 1.79 bits per heavy atom. The van der Waals surface area contributed by atoms with E-state index in [1.165, 1.54) is 11.0 Å². The second-order valence-electron chi connectivity index (χ2n) is 7.24. The van der Waals surface area contributed by atoms with Crippen LogP contribution in [0.15, 0.2) is 76.8 Å². The van der Waals surface area contributed by atoms with Crippen molar-refractivity contribution in [1.29, 1.82) is 0 Å². The van der Waals surface area contributed by atoms with E-state index >= 15 is 0 Å². The summed E-state index contributed by atoms with van der Waals surface area (Å²) < 4.78 is 13.3. The molecule has 6 nitrogen and oxygen atoms in total. The summed E-state index contributed by atoms with van der Waals surface area (Å²) in [5.74, 6) is 0.0332. The predicted molar refractivity (Wildman–Crippen MR) is 147 cm³/mol. The fourth-order valence-electron chi connectivity index (χ4n) is 3.34. The first kappa shape index (κ1) is 24.4. The summed E-state index contributed by atoms with van der Waals surface area (Å²) in [6.45, 7) is 0.366. The Kier molecular flexibility index (Phi) is 7.64. The zero-order valence-electron chi connectivity index (χ0n) is 17.9. The Morgan fingerprint density at radius 1 is 1.09 bits per heavy atom. The largest absolute Gasteiger partial charge is 0.493 e. The summed E-state index contributed by atoms with van der Waals surface area (Å²) in [4.78, 5) is 27.1. The molecule has 1 aliphatic rings. The van der Waals surface area contributed by atoms with Crippen LogP contribution in [0.1, 0.15) is 11.1 Å². The average Bonchev–Trinajstić information content (AvgIpc) is 2.82. The first-order valence-electron chi connectivity index (χ1n) is 10.1. The van der Waals surface area contributed by atoms with Gasteiger partial charge in [-0.1, -0.05) is 46.3 Å². The topological polar surface area (TPSA) is 67.9 Å². The van der Waals surface area contributed by atoms with Gasteiger partial charge in [0.1, 0.15) is 12.2 Å². The number of thiocarbonyl (C=S) groups is 1. The minimum absolute atomic E-state index is 0.0289. The molecule has 3 aromatic rings. The highest BCUT2D eigenvalue weighted by molar-refractivity contribution is 14.1. The molecule has 34 heavy (non-hydrogen) atoms. The van der Waals surface area contributed by atoms with Crippen LogP contribution in [0.2, 0.25) is 0 Å². The number of hydrogen-bond acceptors (Lipinski definition) is 5. The van der Waals surface area contributed by atoms with E-state index in [1.54, 1.807) is 37.4 Å². The number of nitrogens with zero attached hydrogens (tertiary/aromatic N) is 1. The van der Waals surface area contributed by atoms with Gasteiger partial charge in [-0.3, -0.25) is 19.8 Å². The first-order chi connectivity index (χ1) is 16.4. The van der Waals surface area contributed by atoms with E-state index in [0.29, 0.717) is 29.4 Å². The first-order valence-corrected chi connectivity index (χ1v) is 12.4. The van der Waals surface area contributed by atoms with Gasteiger partial charge >= 0.3 is 0 Å². The molecule has 0 aromatic heterocycles. The lowest BCUT2D eigenvalue weighted by atomic mass is 10.1. The van der Waals surface area contributed by atoms with Crippen molar-refractivity contribution in [1.82, 2.24) is 5.32 Å². The summed E-state index contributed by atoms with van der Waals surface area (Å²) >= 11 is 10.8. The number of carbonyl (C=O) groups excluding carboxylic acids is 2. The molecular formula is C25H18BrIN2O4S. The maximum absolute atomic E-state index is 13.2. The van der Waals surface area contributed by atoms with Crippen LogP contribution in [0, 0.1) is 3.57 Å². The van der Waals surface area contributed by atoms with E-state index in [-0.39, 0.29) is 10.7 Å². The van der Waals surface area contributed by atoms with Gasteiger partial charge in [0, 0.05) is 4.47 Å². The van der Waals surface area contributed by atoms with Gasteiger partial charge in [-0.15, -0.1) is 0 Å². The minimum atomic E-state index is -0.549. The van der Waals surface area contributed by atoms with Crippen LogP contribution < -0.4 is 19.7 Å². The second-order valence-corrected chi connectivity index (χ2v) is 9.71. The number of methoxy groups -OCH3 is 1. The standard InChI is InChI=1S/C25H18BrIN2O4S/c1-32-21-13-16(12-20(27)22(21)33-14-15-7-9-17(26)10-8-15)11-19-23(30)28-25(34)29(24(19)31)18-5-3-2-4-6-18/h2-13H,14H2,1H3,(H,28,30,34)/b19-11-. The van der Waals surface area contributed by atoms with E-state index in [9.17, 15) is 9.59 Å². The molecule has 1 N–H and O–H groups in total. The van der Waals surface area contributed by atoms with Crippen LogP contribution >= 0.6 is 50.7 Å². The number of hydrogen-bond donors (Lipinski definition) is 1. The number of amides is 2. The fraction of sp³-hybridized carbons (Fsp3) is 0.0800. The number of halogens is 2. The third kappa shape index (κ3) is 5.31. The van der Waals surface area contributed by atoms with Crippen molar-refractivity contribution in [3.8, 4) is 11.5 Å². The molecule has 1 heterocycles. The van der Waals surface area contributed by atoms with Gasteiger partial charge in [0.2, 0.25) is 0 Å². The van der Waals surface area contributed by atoms with Crippen molar-refractivity contribution in [2.75, 3.05) is 12.0 Å². The Balaban J connectivity index is 1.63. The number of benzene rings is 3. The lowest BCUT2D eigenvalue weighted by Gasteiger charge is -2.28. The molecule has 0 unspecified atom stereocenters. The van der Waals surface area contributed by atoms with Gasteiger partial charge in [-0.25, -0.2) is 0 Å². The molecule has 4 rings (SSSR count). The monoisotopic (exact) mass is 648 g/mol. The summed E-state index contributed by atoms with van der Waals surface area (Å²) in [6.07, 6.45) is 1.53. The number of nitrogens with one attached hydrogen (secondary N) is 1. The van der Waals surface area contributed by atoms with Crippen molar-refractivity contribution in [3.05, 3.63) is 91.5 Å². The van der Waals surface area contributed by atoms with Gasteiger partial charge in [0.25, 0.3) is 11.8 Å². The zero-order chi connectivity index (χ0) is 24.2. The third-order valence-corrected chi connectivity index (χ3v) is 6.59. The number of rotatable bonds is 6. The van der Waals surface area contributed by atoms with Crippen molar-refractivity contribution in [2.24, 2.45) is 0 Å². The van der Waals surface area contributed by atoms with Crippen LogP contribution in [-0.4, -0.2) is 24.0 Å². The lowest BCUT2D eigenvalue weighted by molar-refractivity contribution is -0.122. The van der Waals surface area contributed by atoms with E-state index in [2.05, 4.69) is 43.8 Å². The highest BCUT2D eigenvalue weighted by Crippen LogP contribution is 2.35. The molecule has 0 aliphatic carbocycles. The molecule has 0 atom stereocenters. The van der Waals surface area contributed by atoms with Crippen LogP contribution in [-0.2, 0) is 16.2 Å². The molecule has 0 radical (unpaired) electrons. The maximum atomic E-state index is 13.2. The average molecular weight is 649 g/mol. The highest BCUT2D eigenvalue weighted by Gasteiger charge is 2.34. The van der Waals surface area contributed by atoms with E-state index in [4.69, 9.17) is 21.7 Å². The van der Waals surface area contributed by atoms with Crippen molar-refractivity contribution in [2.45, 2.75) is 6.61 Å². The smallest absolute Gasteiger partial charge is 0.270 e. The van der Waals surface area contributed by atoms with Crippen molar-refractivity contribution in [3.63, 3.8) is 0 Å². The quantitative estimate of drug-likeness (QED) is 0.166. The molecule has 1 fully saturated rings. The summed E-state index contributed by atoms with van der Waals surface area (Å²) in [5.41, 5.74) is 2.18. The molecule has 2 amide bonds. The van der Waals surface area contributed by atoms with Crippen LogP contribution in [0.5, 0.6) is 11.5 Å². The summed E-state index contributed by atoms with van der Waals surface area (Å²) in [5, 5.41) is 2.64. The molecule has 0 spiro atoms. The molecule has 3 aromatic carbocycles. The summed E-state index contributed by atoms with van der Waals surface area (Å²) in [7, 11) is 1.54. The van der Waals surface area contributed by atoms with Crippen molar-refractivity contribution >= 4 is 79.4 Å². The molecule has 1 saturated heterocycles. The molecule has 9 heteroatoms. The maximum Gasteiger partial charge on any atom is 0.270 e. The van der Waals surface area contributed by atoms with E-state index < -0.39 is 11.8 Å². The van der Waals surface area contributed by atoms with Gasteiger partial charge in [-0.05, 0) is 88.4 Å². The molecule has 0 bridgehead atoms. The Morgan fingerprint density at radius 3 is 2.47 bits per heavy atom. The zero-order valence-corrected chi connectivity index (χ0v) is 22.4. The lowest BCUT2D eigenvalue weighted by Crippen LogP contribution is -2.54. The second kappa shape index (κ2) is 10.7. The molecule has 0 saturated carbocycles. The van der Waals surface area contributed by atoms with Crippen LogP contribution in [0.3, 0.4) is 0 Å². The highest BCUT2D eigenvalue weighted by atomic mass is 127. The molecular weight excluding hydrogens is 631 g/mol. The van der Waals surface area contributed by atoms with Gasteiger partial charge in [-0.2, -0.15) is 0 Å².